The van der Waals surface area contributed by atoms with E-state index in [1.807, 2.05) is 38.1 Å². The molecule has 0 fully saturated rings. The second-order valence-corrected chi connectivity index (χ2v) is 5.28. The fraction of sp³-hybridized carbons (Fsp3) is 0.263. The summed E-state index contributed by atoms with van der Waals surface area (Å²) in [5.74, 6) is 0.997. The van der Waals surface area contributed by atoms with E-state index in [2.05, 4.69) is 4.98 Å². The second-order valence-electron chi connectivity index (χ2n) is 5.28. The Labute approximate surface area is 141 Å². The molecule has 0 radical (unpaired) electrons. The van der Waals surface area contributed by atoms with E-state index in [1.54, 1.807) is 30.6 Å². The lowest BCUT2D eigenvalue weighted by atomic mass is 10.2. The van der Waals surface area contributed by atoms with E-state index in [1.165, 1.54) is 6.08 Å². The van der Waals surface area contributed by atoms with Gasteiger partial charge in [-0.05, 0) is 49.8 Å². The topological polar surface area (TPSA) is 57.7 Å². The van der Waals surface area contributed by atoms with Crippen molar-refractivity contribution in [1.82, 2.24) is 4.98 Å². The van der Waals surface area contributed by atoms with Gasteiger partial charge in [0.1, 0.15) is 24.7 Å². The van der Waals surface area contributed by atoms with Crippen molar-refractivity contribution in [1.29, 1.82) is 0 Å². The molecule has 0 unspecified atom stereocenters. The van der Waals surface area contributed by atoms with Gasteiger partial charge in [-0.2, -0.15) is 0 Å². The molecule has 126 valence electrons. The Morgan fingerprint density at radius 2 is 2.00 bits per heavy atom. The third-order valence-corrected chi connectivity index (χ3v) is 2.87. The molecule has 0 N–H and O–H groups in total. The molecule has 0 aliphatic carbocycles. The Bertz CT molecular complexity index is 668. The average molecular weight is 327 g/mol. The SMILES string of the molecule is CC(C)Oc1cccc(/C=C/C(=O)OCCOc2cccnc2)c1. The Hall–Kier alpha value is -2.82. The lowest BCUT2D eigenvalue weighted by Crippen LogP contribution is -2.10. The highest BCUT2D eigenvalue weighted by Crippen LogP contribution is 2.16. The van der Waals surface area contributed by atoms with Gasteiger partial charge in [0.05, 0.1) is 12.3 Å². The molecule has 1 aromatic heterocycles. The van der Waals surface area contributed by atoms with Crippen molar-refractivity contribution in [3.8, 4) is 11.5 Å². The number of esters is 1. The number of hydrogen-bond donors (Lipinski definition) is 0. The molecule has 5 nitrogen and oxygen atoms in total. The molecular weight excluding hydrogens is 306 g/mol. The number of hydrogen-bond acceptors (Lipinski definition) is 5. The van der Waals surface area contributed by atoms with Crippen LogP contribution in [-0.4, -0.2) is 30.3 Å². The molecule has 2 rings (SSSR count). The first kappa shape index (κ1) is 17.5. The Kier molecular flexibility index (Phi) is 6.83. The van der Waals surface area contributed by atoms with Gasteiger partial charge in [0, 0.05) is 12.3 Å². The highest BCUT2D eigenvalue weighted by molar-refractivity contribution is 5.87. The molecule has 0 bridgehead atoms. The summed E-state index contributed by atoms with van der Waals surface area (Å²) in [5.41, 5.74) is 0.872. The summed E-state index contributed by atoms with van der Waals surface area (Å²) in [4.78, 5) is 15.6. The van der Waals surface area contributed by atoms with Crippen LogP contribution in [0.2, 0.25) is 0 Å². The molecular formula is C19H21NO4. The van der Waals surface area contributed by atoms with E-state index in [9.17, 15) is 4.79 Å². The van der Waals surface area contributed by atoms with Crippen LogP contribution in [0.15, 0.2) is 54.9 Å². The van der Waals surface area contributed by atoms with Crippen molar-refractivity contribution in [3.63, 3.8) is 0 Å². The number of rotatable bonds is 8. The summed E-state index contributed by atoms with van der Waals surface area (Å²) in [5, 5.41) is 0. The van der Waals surface area contributed by atoms with Gasteiger partial charge < -0.3 is 14.2 Å². The van der Waals surface area contributed by atoms with Crippen LogP contribution in [0.1, 0.15) is 19.4 Å². The van der Waals surface area contributed by atoms with Gasteiger partial charge in [0.15, 0.2) is 0 Å². The van der Waals surface area contributed by atoms with Crippen molar-refractivity contribution < 1.29 is 19.0 Å². The number of pyridine rings is 1. The quantitative estimate of drug-likeness (QED) is 0.422. The maximum Gasteiger partial charge on any atom is 0.330 e. The molecule has 0 spiro atoms. The van der Waals surface area contributed by atoms with E-state index in [0.717, 1.165) is 11.3 Å². The summed E-state index contributed by atoms with van der Waals surface area (Å²) in [6.07, 6.45) is 6.46. The summed E-state index contributed by atoms with van der Waals surface area (Å²) in [7, 11) is 0. The third kappa shape index (κ3) is 6.52. The highest BCUT2D eigenvalue weighted by Gasteiger charge is 2.00. The fourth-order valence-electron chi connectivity index (χ4n) is 1.91. The monoisotopic (exact) mass is 327 g/mol. The smallest absolute Gasteiger partial charge is 0.330 e. The summed E-state index contributed by atoms with van der Waals surface area (Å²) < 4.78 is 16.1. The van der Waals surface area contributed by atoms with Gasteiger partial charge in [-0.3, -0.25) is 4.98 Å². The Morgan fingerprint density at radius 1 is 1.17 bits per heavy atom. The molecule has 24 heavy (non-hydrogen) atoms. The van der Waals surface area contributed by atoms with E-state index in [4.69, 9.17) is 14.2 Å². The van der Waals surface area contributed by atoms with Crippen LogP contribution in [0.4, 0.5) is 0 Å². The largest absolute Gasteiger partial charge is 0.491 e. The van der Waals surface area contributed by atoms with Crippen molar-refractivity contribution >= 4 is 12.0 Å². The van der Waals surface area contributed by atoms with Gasteiger partial charge in [-0.25, -0.2) is 4.79 Å². The average Bonchev–Trinajstić information content (AvgIpc) is 2.58. The number of aromatic nitrogens is 1. The maximum atomic E-state index is 11.7. The number of carbonyl (C=O) groups is 1. The van der Waals surface area contributed by atoms with Gasteiger partial charge in [-0.1, -0.05) is 12.1 Å². The molecule has 5 heteroatoms. The maximum absolute atomic E-state index is 11.7. The zero-order valence-corrected chi connectivity index (χ0v) is 13.8. The lowest BCUT2D eigenvalue weighted by Gasteiger charge is -2.09. The van der Waals surface area contributed by atoms with Crippen LogP contribution in [0.25, 0.3) is 6.08 Å². The van der Waals surface area contributed by atoms with Crippen LogP contribution in [0.3, 0.4) is 0 Å². The van der Waals surface area contributed by atoms with Gasteiger partial charge in [-0.15, -0.1) is 0 Å². The predicted molar refractivity (Wildman–Crippen MR) is 91.9 cm³/mol. The number of benzene rings is 1. The molecule has 0 aliphatic heterocycles. The first-order valence-electron chi connectivity index (χ1n) is 7.78. The normalized spacial score (nSPS) is 10.8. The zero-order valence-electron chi connectivity index (χ0n) is 13.8. The van der Waals surface area contributed by atoms with Crippen molar-refractivity contribution in [2.45, 2.75) is 20.0 Å². The van der Waals surface area contributed by atoms with Crippen molar-refractivity contribution in [2.75, 3.05) is 13.2 Å². The van der Waals surface area contributed by atoms with E-state index < -0.39 is 5.97 Å². The molecule has 1 aromatic carbocycles. The molecule has 0 saturated heterocycles. The minimum Gasteiger partial charge on any atom is -0.491 e. The molecule has 0 atom stereocenters. The summed E-state index contributed by atoms with van der Waals surface area (Å²) in [6.45, 7) is 4.39. The first-order chi connectivity index (χ1) is 11.6. The van der Waals surface area contributed by atoms with Crippen molar-refractivity contribution in [2.24, 2.45) is 0 Å². The molecule has 2 aromatic rings. The first-order valence-corrected chi connectivity index (χ1v) is 7.78. The Balaban J connectivity index is 1.74. The van der Waals surface area contributed by atoms with Crippen LogP contribution in [0, 0.1) is 0 Å². The van der Waals surface area contributed by atoms with Crippen LogP contribution in [-0.2, 0) is 9.53 Å². The van der Waals surface area contributed by atoms with Crippen LogP contribution < -0.4 is 9.47 Å². The molecule has 1 heterocycles. The van der Waals surface area contributed by atoms with Gasteiger partial charge in [0.25, 0.3) is 0 Å². The Morgan fingerprint density at radius 3 is 2.75 bits per heavy atom. The van der Waals surface area contributed by atoms with Gasteiger partial charge >= 0.3 is 5.97 Å². The third-order valence-electron chi connectivity index (χ3n) is 2.87. The molecule has 0 aliphatic rings. The number of ether oxygens (including phenoxy) is 3. The number of nitrogens with zero attached hydrogens (tertiary/aromatic N) is 1. The van der Waals surface area contributed by atoms with Crippen LogP contribution >= 0.6 is 0 Å². The predicted octanol–water partition coefficient (Wildman–Crippen LogP) is 3.50. The minimum atomic E-state index is -0.417. The van der Waals surface area contributed by atoms with E-state index in [0.29, 0.717) is 5.75 Å². The van der Waals surface area contributed by atoms with Crippen LogP contribution in [0.5, 0.6) is 11.5 Å². The minimum absolute atomic E-state index is 0.106. The zero-order chi connectivity index (χ0) is 17.2. The summed E-state index contributed by atoms with van der Waals surface area (Å²) >= 11 is 0. The summed E-state index contributed by atoms with van der Waals surface area (Å²) in [6, 6.07) is 11.1. The fourth-order valence-corrected chi connectivity index (χ4v) is 1.91. The lowest BCUT2D eigenvalue weighted by molar-refractivity contribution is -0.138. The van der Waals surface area contributed by atoms with E-state index in [-0.39, 0.29) is 19.3 Å². The molecule has 0 amide bonds. The molecule has 0 saturated carbocycles. The highest BCUT2D eigenvalue weighted by atomic mass is 16.6. The van der Waals surface area contributed by atoms with Crippen molar-refractivity contribution in [3.05, 3.63) is 60.4 Å². The van der Waals surface area contributed by atoms with E-state index >= 15 is 0 Å². The standard InChI is InChI=1S/C19H21NO4/c1-15(2)24-17-6-3-5-16(13-17)8-9-19(21)23-12-11-22-18-7-4-10-20-14-18/h3-10,13-15H,11-12H2,1-2H3/b9-8+. The second kappa shape index (κ2) is 9.35. The number of carbonyl (C=O) groups excluding carboxylic acids is 1. The van der Waals surface area contributed by atoms with Gasteiger partial charge in [0.2, 0.25) is 0 Å².